The summed E-state index contributed by atoms with van der Waals surface area (Å²) in [5.41, 5.74) is 7.80. The van der Waals surface area contributed by atoms with Gasteiger partial charge >= 0.3 is 0 Å². The maximum absolute atomic E-state index is 5.83. The fraction of sp³-hybridized carbons (Fsp3) is 0.391. The number of benzene rings is 2. The van der Waals surface area contributed by atoms with Crippen LogP contribution in [-0.2, 0) is 12.8 Å². The van der Waals surface area contributed by atoms with Gasteiger partial charge in [0.1, 0.15) is 5.75 Å². The Hall–Kier alpha value is -1.52. The quantitative estimate of drug-likeness (QED) is 0.501. The van der Waals surface area contributed by atoms with Crippen molar-refractivity contribution >= 4 is 40.8 Å². The molecule has 0 aromatic heterocycles. The van der Waals surface area contributed by atoms with Crippen LogP contribution in [0, 0.1) is 6.92 Å². The molecule has 0 bridgehead atoms. The van der Waals surface area contributed by atoms with E-state index in [1.807, 2.05) is 13.0 Å². The van der Waals surface area contributed by atoms with E-state index >= 15 is 0 Å². The van der Waals surface area contributed by atoms with E-state index in [1.54, 1.807) is 0 Å². The predicted octanol–water partition coefficient (Wildman–Crippen LogP) is 5.78. The minimum Gasteiger partial charge on any atom is -0.493 e. The maximum atomic E-state index is 5.83. The normalized spacial score (nSPS) is 16.7. The standard InChI is InChI=1S/C23H27NOS2/c1-3-25-20-9-8-15(2)12-19(20)23(27)22(26)18-13-16-6-4-10-24-11-5-7-17(14-18)21(16)24/h8-9,12-14,26-27H,3-7,10-11H2,1-2H3/b23-22-. The molecule has 2 aliphatic rings. The van der Waals surface area contributed by atoms with Crippen LogP contribution in [0.2, 0.25) is 0 Å². The van der Waals surface area contributed by atoms with Gasteiger partial charge in [0, 0.05) is 34.2 Å². The van der Waals surface area contributed by atoms with E-state index in [2.05, 4.69) is 36.1 Å². The number of aryl methyl sites for hydroxylation is 3. The highest BCUT2D eigenvalue weighted by Crippen LogP contribution is 2.41. The van der Waals surface area contributed by atoms with Crippen LogP contribution in [0.5, 0.6) is 5.75 Å². The fourth-order valence-corrected chi connectivity index (χ4v) is 4.87. The van der Waals surface area contributed by atoms with Crippen LogP contribution in [0.3, 0.4) is 0 Å². The molecule has 2 aromatic rings. The number of rotatable bonds is 4. The molecule has 0 amide bonds. The third-order valence-corrected chi connectivity index (χ3v) is 6.64. The molecule has 0 spiro atoms. The fourth-order valence-electron chi connectivity index (χ4n) is 4.31. The van der Waals surface area contributed by atoms with Crippen molar-refractivity contribution in [2.45, 2.75) is 39.5 Å². The predicted molar refractivity (Wildman–Crippen MR) is 122 cm³/mol. The molecule has 0 unspecified atom stereocenters. The summed E-state index contributed by atoms with van der Waals surface area (Å²) in [7, 11) is 0. The molecule has 2 aliphatic heterocycles. The van der Waals surface area contributed by atoms with Gasteiger partial charge in [-0.3, -0.25) is 0 Å². The number of hydrogen-bond donors (Lipinski definition) is 2. The van der Waals surface area contributed by atoms with Crippen molar-refractivity contribution in [3.8, 4) is 5.75 Å². The molecule has 2 nitrogen and oxygen atoms in total. The summed E-state index contributed by atoms with van der Waals surface area (Å²) in [4.78, 5) is 4.37. The van der Waals surface area contributed by atoms with Crippen molar-refractivity contribution < 1.29 is 4.74 Å². The lowest BCUT2D eigenvalue weighted by Crippen LogP contribution is -2.34. The second kappa shape index (κ2) is 7.84. The summed E-state index contributed by atoms with van der Waals surface area (Å²) in [6, 6.07) is 10.9. The van der Waals surface area contributed by atoms with Crippen LogP contribution in [0.15, 0.2) is 30.3 Å². The minimum absolute atomic E-state index is 0.637. The molecule has 0 aliphatic carbocycles. The Morgan fingerprint density at radius 3 is 2.30 bits per heavy atom. The van der Waals surface area contributed by atoms with E-state index < -0.39 is 0 Å². The molecule has 27 heavy (non-hydrogen) atoms. The van der Waals surface area contributed by atoms with Gasteiger partial charge in [-0.25, -0.2) is 0 Å². The van der Waals surface area contributed by atoms with Crippen LogP contribution in [0.4, 0.5) is 5.69 Å². The second-order valence-electron chi connectivity index (χ2n) is 7.47. The van der Waals surface area contributed by atoms with E-state index in [9.17, 15) is 0 Å². The zero-order valence-corrected chi connectivity index (χ0v) is 17.9. The zero-order chi connectivity index (χ0) is 19.0. The Balaban J connectivity index is 1.81. The highest BCUT2D eigenvalue weighted by atomic mass is 32.1. The Morgan fingerprint density at radius 1 is 1.00 bits per heavy atom. The highest BCUT2D eigenvalue weighted by Gasteiger charge is 2.25. The van der Waals surface area contributed by atoms with Crippen molar-refractivity contribution in [3.05, 3.63) is 58.1 Å². The van der Waals surface area contributed by atoms with Crippen molar-refractivity contribution in [2.24, 2.45) is 0 Å². The number of anilines is 1. The first-order valence-corrected chi connectivity index (χ1v) is 10.7. The largest absolute Gasteiger partial charge is 0.493 e. The van der Waals surface area contributed by atoms with E-state index in [4.69, 9.17) is 30.0 Å². The van der Waals surface area contributed by atoms with Gasteiger partial charge in [0.2, 0.25) is 0 Å². The van der Waals surface area contributed by atoms with E-state index in [-0.39, 0.29) is 0 Å². The molecule has 142 valence electrons. The monoisotopic (exact) mass is 397 g/mol. The molecule has 0 atom stereocenters. The average molecular weight is 398 g/mol. The van der Waals surface area contributed by atoms with Gasteiger partial charge in [0.15, 0.2) is 0 Å². The Morgan fingerprint density at radius 2 is 1.67 bits per heavy atom. The number of thiol groups is 2. The van der Waals surface area contributed by atoms with Crippen LogP contribution in [0.25, 0.3) is 9.81 Å². The van der Waals surface area contributed by atoms with Crippen LogP contribution in [0.1, 0.15) is 47.6 Å². The third-order valence-electron chi connectivity index (χ3n) is 5.52. The van der Waals surface area contributed by atoms with Gasteiger partial charge in [-0.15, -0.1) is 25.3 Å². The molecule has 2 heterocycles. The summed E-state index contributed by atoms with van der Waals surface area (Å²) in [6.07, 6.45) is 4.79. The number of hydrogen-bond acceptors (Lipinski definition) is 4. The van der Waals surface area contributed by atoms with Crippen molar-refractivity contribution in [2.75, 3.05) is 24.6 Å². The lowest BCUT2D eigenvalue weighted by atomic mass is 9.90. The lowest BCUT2D eigenvalue weighted by Gasteiger charge is -2.37. The summed E-state index contributed by atoms with van der Waals surface area (Å²) in [5.74, 6) is 0.866. The molecule has 4 rings (SSSR count). The van der Waals surface area contributed by atoms with E-state index in [1.165, 1.54) is 53.9 Å². The Labute approximate surface area is 173 Å². The van der Waals surface area contributed by atoms with Crippen LogP contribution in [-0.4, -0.2) is 19.7 Å². The third kappa shape index (κ3) is 3.62. The summed E-state index contributed by atoms with van der Waals surface area (Å²) < 4.78 is 5.83. The molecular formula is C23H27NOS2. The van der Waals surface area contributed by atoms with Gasteiger partial charge in [-0.05, 0) is 80.5 Å². The molecule has 2 aromatic carbocycles. The summed E-state index contributed by atoms with van der Waals surface area (Å²) >= 11 is 9.77. The Kier molecular flexibility index (Phi) is 5.47. The highest BCUT2D eigenvalue weighted by molar-refractivity contribution is 7.96. The topological polar surface area (TPSA) is 12.5 Å². The molecule has 0 radical (unpaired) electrons. The zero-order valence-electron chi connectivity index (χ0n) is 16.1. The van der Waals surface area contributed by atoms with E-state index in [0.717, 1.165) is 34.0 Å². The van der Waals surface area contributed by atoms with Crippen LogP contribution >= 0.6 is 25.3 Å². The first-order chi connectivity index (χ1) is 13.1. The SMILES string of the molecule is CCOc1ccc(C)cc1/C(S)=C(/S)c1cc2c3c(c1)CCCN3CCC2. The minimum atomic E-state index is 0.637. The van der Waals surface area contributed by atoms with Gasteiger partial charge < -0.3 is 9.64 Å². The molecule has 0 saturated heterocycles. The summed E-state index contributed by atoms with van der Waals surface area (Å²) in [6.45, 7) is 7.13. The van der Waals surface area contributed by atoms with Gasteiger partial charge in [0.05, 0.1) is 6.61 Å². The Bertz CT molecular complexity index is 872. The van der Waals surface area contributed by atoms with Crippen molar-refractivity contribution in [3.63, 3.8) is 0 Å². The molecule has 0 fully saturated rings. The first kappa shape index (κ1) is 18.8. The van der Waals surface area contributed by atoms with Gasteiger partial charge in [-0.1, -0.05) is 11.6 Å². The lowest BCUT2D eigenvalue weighted by molar-refractivity contribution is 0.339. The maximum Gasteiger partial charge on any atom is 0.127 e. The molecule has 4 heteroatoms. The summed E-state index contributed by atoms with van der Waals surface area (Å²) in [5, 5.41) is 0. The molecule has 0 saturated carbocycles. The van der Waals surface area contributed by atoms with E-state index in [0.29, 0.717) is 6.61 Å². The number of nitrogens with zero attached hydrogens (tertiary/aromatic N) is 1. The average Bonchev–Trinajstić information content (AvgIpc) is 2.68. The van der Waals surface area contributed by atoms with Gasteiger partial charge in [-0.2, -0.15) is 0 Å². The number of ether oxygens (including phenoxy) is 1. The van der Waals surface area contributed by atoms with Gasteiger partial charge in [0.25, 0.3) is 0 Å². The molecular weight excluding hydrogens is 370 g/mol. The smallest absolute Gasteiger partial charge is 0.127 e. The second-order valence-corrected chi connectivity index (χ2v) is 8.36. The van der Waals surface area contributed by atoms with Crippen molar-refractivity contribution in [1.82, 2.24) is 0 Å². The first-order valence-electron chi connectivity index (χ1n) is 9.85. The van der Waals surface area contributed by atoms with Crippen molar-refractivity contribution in [1.29, 1.82) is 0 Å². The molecule has 0 N–H and O–H groups in total. The van der Waals surface area contributed by atoms with Crippen LogP contribution < -0.4 is 9.64 Å².